The van der Waals surface area contributed by atoms with Crippen LogP contribution in [0.2, 0.25) is 0 Å². The van der Waals surface area contributed by atoms with Crippen LogP contribution in [0.4, 0.5) is 15.9 Å². The minimum absolute atomic E-state index is 0.122. The number of nitrogens with zero attached hydrogens (tertiary/aromatic N) is 7. The number of nitrogens with one attached hydrogen (secondary N) is 1. The number of carbonyl (C=O) groups excluding carboxylic acids is 1. The van der Waals surface area contributed by atoms with E-state index in [1.807, 2.05) is 0 Å². The molecule has 0 aliphatic rings. The van der Waals surface area contributed by atoms with Gasteiger partial charge in [0.15, 0.2) is 11.5 Å². The summed E-state index contributed by atoms with van der Waals surface area (Å²) in [5, 5.41) is 23.1. The lowest BCUT2D eigenvalue weighted by molar-refractivity contribution is -0.384. The lowest BCUT2D eigenvalue weighted by atomic mass is 10.2. The number of nitro benzene ring substituents is 1. The van der Waals surface area contributed by atoms with Gasteiger partial charge in [-0.3, -0.25) is 14.9 Å². The molecule has 11 nitrogen and oxygen atoms in total. The normalized spacial score (nSPS) is 11.0. The fourth-order valence-corrected chi connectivity index (χ4v) is 3.47. The summed E-state index contributed by atoms with van der Waals surface area (Å²) in [6.45, 7) is 1.75. The molecule has 0 fully saturated rings. The molecule has 3 heterocycles. The van der Waals surface area contributed by atoms with E-state index < -0.39 is 10.8 Å². The van der Waals surface area contributed by atoms with Crippen molar-refractivity contribution in [2.24, 2.45) is 0 Å². The largest absolute Gasteiger partial charge is 0.306 e. The van der Waals surface area contributed by atoms with Crippen LogP contribution in [-0.2, 0) is 0 Å². The Labute approximate surface area is 190 Å². The van der Waals surface area contributed by atoms with E-state index >= 15 is 0 Å². The number of anilines is 1. The van der Waals surface area contributed by atoms with Gasteiger partial charge in [-0.2, -0.15) is 14.9 Å². The third kappa shape index (κ3) is 3.72. The second-order valence-corrected chi connectivity index (χ2v) is 7.31. The van der Waals surface area contributed by atoms with Gasteiger partial charge >= 0.3 is 0 Å². The van der Waals surface area contributed by atoms with Gasteiger partial charge in [-0.05, 0) is 37.3 Å². The number of non-ortho nitro benzene ring substituents is 1. The first-order chi connectivity index (χ1) is 16.4. The number of nitro groups is 1. The quantitative estimate of drug-likeness (QED) is 0.314. The molecule has 0 saturated heterocycles. The zero-order valence-electron chi connectivity index (χ0n) is 17.6. The number of hydrogen-bond acceptors (Lipinski definition) is 7. The van der Waals surface area contributed by atoms with Crippen molar-refractivity contribution >= 4 is 28.4 Å². The van der Waals surface area contributed by atoms with Crippen LogP contribution in [0.3, 0.4) is 0 Å². The van der Waals surface area contributed by atoms with Gasteiger partial charge in [0, 0.05) is 23.8 Å². The number of halogens is 1. The first-order valence-corrected chi connectivity index (χ1v) is 9.98. The Balaban J connectivity index is 1.54. The summed E-state index contributed by atoms with van der Waals surface area (Å²) < 4.78 is 16.3. The van der Waals surface area contributed by atoms with Crippen molar-refractivity contribution in [3.8, 4) is 11.5 Å². The topological polar surface area (TPSA) is 134 Å². The lowest BCUT2D eigenvalue weighted by Crippen LogP contribution is -2.16. The van der Waals surface area contributed by atoms with E-state index in [2.05, 4.69) is 25.5 Å². The zero-order chi connectivity index (χ0) is 23.8. The highest BCUT2D eigenvalue weighted by Crippen LogP contribution is 2.25. The molecule has 5 aromatic rings. The molecule has 0 atom stereocenters. The van der Waals surface area contributed by atoms with Gasteiger partial charge in [0.05, 0.1) is 27.9 Å². The van der Waals surface area contributed by atoms with Crippen molar-refractivity contribution < 1.29 is 14.1 Å². The zero-order valence-corrected chi connectivity index (χ0v) is 17.6. The molecule has 5 rings (SSSR count). The summed E-state index contributed by atoms with van der Waals surface area (Å²) in [5.41, 5.74) is 1.60. The standard InChI is InChI=1S/C22H15FN8O3/c1-13-9-19(27-22(32)14-3-2-4-17(10-14)31(33)34)30(28-13)21-18-11-26-29(20(18)24-12-25-21)16-7-5-15(23)6-8-16/h2-12H,1H3,(H,27,32). The molecule has 0 aliphatic carbocycles. The maximum absolute atomic E-state index is 13.3. The smallest absolute Gasteiger partial charge is 0.270 e. The van der Waals surface area contributed by atoms with Gasteiger partial charge in [-0.15, -0.1) is 0 Å². The molecule has 168 valence electrons. The molecular formula is C22H15FN8O3. The van der Waals surface area contributed by atoms with Crippen LogP contribution in [-0.4, -0.2) is 40.4 Å². The van der Waals surface area contributed by atoms with Crippen LogP contribution >= 0.6 is 0 Å². The second kappa shape index (κ2) is 8.16. The Morgan fingerprint density at radius 3 is 2.65 bits per heavy atom. The molecular weight excluding hydrogens is 443 g/mol. The van der Waals surface area contributed by atoms with Crippen molar-refractivity contribution in [1.29, 1.82) is 0 Å². The predicted octanol–water partition coefficient (Wildman–Crippen LogP) is 3.61. The van der Waals surface area contributed by atoms with Crippen LogP contribution in [0.1, 0.15) is 16.1 Å². The van der Waals surface area contributed by atoms with Crippen LogP contribution in [0.15, 0.2) is 67.1 Å². The molecule has 12 heteroatoms. The van der Waals surface area contributed by atoms with Crippen LogP contribution in [0.25, 0.3) is 22.5 Å². The second-order valence-electron chi connectivity index (χ2n) is 7.31. The van der Waals surface area contributed by atoms with Gasteiger partial charge in [0.2, 0.25) is 0 Å². The van der Waals surface area contributed by atoms with E-state index in [0.717, 1.165) is 0 Å². The van der Waals surface area contributed by atoms with Crippen molar-refractivity contribution in [2.75, 3.05) is 5.32 Å². The molecule has 0 saturated carbocycles. The van der Waals surface area contributed by atoms with Gasteiger partial charge in [-0.25, -0.2) is 19.0 Å². The van der Waals surface area contributed by atoms with E-state index in [9.17, 15) is 19.3 Å². The van der Waals surface area contributed by atoms with E-state index in [1.54, 1.807) is 31.3 Å². The van der Waals surface area contributed by atoms with E-state index in [0.29, 0.717) is 34.1 Å². The highest BCUT2D eigenvalue weighted by atomic mass is 19.1. The van der Waals surface area contributed by atoms with Crippen molar-refractivity contribution in [3.63, 3.8) is 0 Å². The molecule has 0 spiro atoms. The summed E-state index contributed by atoms with van der Waals surface area (Å²) in [4.78, 5) is 31.9. The average Bonchev–Trinajstić information content (AvgIpc) is 3.43. The number of hydrogen-bond donors (Lipinski definition) is 1. The Bertz CT molecular complexity index is 1560. The van der Waals surface area contributed by atoms with Crippen molar-refractivity contribution in [3.05, 3.63) is 94.3 Å². The summed E-state index contributed by atoms with van der Waals surface area (Å²) >= 11 is 0. The minimum atomic E-state index is -0.568. The first kappa shape index (κ1) is 20.9. The molecule has 0 aliphatic heterocycles. The molecule has 0 unspecified atom stereocenters. The minimum Gasteiger partial charge on any atom is -0.306 e. The molecule has 1 amide bonds. The van der Waals surface area contributed by atoms with Crippen LogP contribution < -0.4 is 5.32 Å². The van der Waals surface area contributed by atoms with E-state index in [-0.39, 0.29) is 17.1 Å². The van der Waals surface area contributed by atoms with E-state index in [4.69, 9.17) is 0 Å². The molecule has 0 radical (unpaired) electrons. The van der Waals surface area contributed by atoms with Crippen molar-refractivity contribution in [2.45, 2.75) is 6.92 Å². The lowest BCUT2D eigenvalue weighted by Gasteiger charge is -2.09. The summed E-state index contributed by atoms with van der Waals surface area (Å²) in [5.74, 6) is -0.242. The Kier molecular flexibility index (Phi) is 5.01. The molecule has 3 aromatic heterocycles. The fourth-order valence-electron chi connectivity index (χ4n) is 3.47. The Morgan fingerprint density at radius 2 is 1.88 bits per heavy atom. The average molecular weight is 458 g/mol. The fraction of sp³-hybridized carbons (Fsp3) is 0.0455. The third-order valence-corrected chi connectivity index (χ3v) is 5.01. The molecule has 34 heavy (non-hydrogen) atoms. The first-order valence-electron chi connectivity index (χ1n) is 9.98. The van der Waals surface area contributed by atoms with Crippen LogP contribution in [0.5, 0.6) is 0 Å². The van der Waals surface area contributed by atoms with Gasteiger partial charge in [-0.1, -0.05) is 6.07 Å². The number of aromatic nitrogens is 6. The van der Waals surface area contributed by atoms with Gasteiger partial charge < -0.3 is 5.32 Å². The summed E-state index contributed by atoms with van der Waals surface area (Å²) in [6.07, 6.45) is 2.89. The number of aryl methyl sites for hydroxylation is 1. The Hall–Kier alpha value is -5.00. The highest BCUT2D eigenvalue weighted by Gasteiger charge is 2.19. The van der Waals surface area contributed by atoms with Crippen molar-refractivity contribution in [1.82, 2.24) is 29.5 Å². The molecule has 2 aromatic carbocycles. The van der Waals surface area contributed by atoms with E-state index in [1.165, 1.54) is 52.1 Å². The maximum atomic E-state index is 13.3. The molecule has 1 N–H and O–H groups in total. The number of carbonyl (C=O) groups is 1. The monoisotopic (exact) mass is 458 g/mol. The summed E-state index contributed by atoms with van der Waals surface area (Å²) in [7, 11) is 0. The number of rotatable bonds is 5. The number of fused-ring (bicyclic) bond motifs is 1. The summed E-state index contributed by atoms with van der Waals surface area (Å²) in [6, 6.07) is 12.9. The number of amides is 1. The Morgan fingerprint density at radius 1 is 1.09 bits per heavy atom. The maximum Gasteiger partial charge on any atom is 0.270 e. The SMILES string of the molecule is Cc1cc(NC(=O)c2cccc([N+](=O)[O-])c2)n(-c2ncnc3c2cnn3-c2ccc(F)cc2)n1. The molecule has 0 bridgehead atoms. The number of benzene rings is 2. The highest BCUT2D eigenvalue weighted by molar-refractivity contribution is 6.04. The van der Waals surface area contributed by atoms with Crippen LogP contribution in [0, 0.1) is 22.9 Å². The van der Waals surface area contributed by atoms with Gasteiger partial charge in [0.25, 0.3) is 11.6 Å². The third-order valence-electron chi connectivity index (χ3n) is 5.01. The van der Waals surface area contributed by atoms with Gasteiger partial charge in [0.1, 0.15) is 18.0 Å². The predicted molar refractivity (Wildman–Crippen MR) is 120 cm³/mol.